The van der Waals surface area contributed by atoms with Gasteiger partial charge in [0.1, 0.15) is 18.5 Å². The average molecular weight is 340 g/mol. The van der Waals surface area contributed by atoms with E-state index in [9.17, 15) is 4.79 Å². The summed E-state index contributed by atoms with van der Waals surface area (Å²) in [4.78, 5) is 12.3. The highest BCUT2D eigenvalue weighted by atomic mass is 16.5. The number of hydrogen-bond acceptors (Lipinski definition) is 4. The molecule has 25 heavy (non-hydrogen) atoms. The van der Waals surface area contributed by atoms with Crippen molar-refractivity contribution in [1.82, 2.24) is 0 Å². The van der Waals surface area contributed by atoms with Gasteiger partial charge in [-0.2, -0.15) is 0 Å². The average Bonchev–Trinajstić information content (AvgIpc) is 3.10. The van der Waals surface area contributed by atoms with Crippen molar-refractivity contribution < 1.29 is 14.3 Å². The molecular weight excluding hydrogens is 316 g/mol. The fourth-order valence-corrected chi connectivity index (χ4v) is 2.93. The molecule has 0 radical (unpaired) electrons. The van der Waals surface area contributed by atoms with Crippen molar-refractivity contribution in [2.24, 2.45) is 5.73 Å². The quantitative estimate of drug-likeness (QED) is 0.848. The van der Waals surface area contributed by atoms with Crippen LogP contribution in [0.4, 0.5) is 5.69 Å². The molecule has 132 valence electrons. The van der Waals surface area contributed by atoms with E-state index in [-0.39, 0.29) is 12.0 Å². The van der Waals surface area contributed by atoms with Gasteiger partial charge < -0.3 is 20.5 Å². The first kappa shape index (κ1) is 17.5. The molecule has 1 aliphatic rings. The summed E-state index contributed by atoms with van der Waals surface area (Å²) in [6.07, 6.45) is 1.09. The molecule has 2 atom stereocenters. The molecule has 3 N–H and O–H groups in total. The summed E-state index contributed by atoms with van der Waals surface area (Å²) < 4.78 is 11.5. The van der Waals surface area contributed by atoms with Crippen LogP contribution in [0.1, 0.15) is 24.0 Å². The summed E-state index contributed by atoms with van der Waals surface area (Å²) >= 11 is 0. The van der Waals surface area contributed by atoms with Crippen LogP contribution >= 0.6 is 0 Å². The molecule has 0 saturated carbocycles. The molecule has 1 fully saturated rings. The normalized spacial score (nSPS) is 19.6. The first-order chi connectivity index (χ1) is 12.1. The lowest BCUT2D eigenvalue weighted by atomic mass is 10.1. The second-order valence-electron chi connectivity index (χ2n) is 6.35. The third kappa shape index (κ3) is 4.81. The van der Waals surface area contributed by atoms with E-state index in [1.807, 2.05) is 36.4 Å². The minimum absolute atomic E-state index is 0.0141. The van der Waals surface area contributed by atoms with Crippen LogP contribution in [0.3, 0.4) is 0 Å². The standard InChI is InChI=1S/C20H24N2O3/c1-14-4-2-5-15(10-14)13-24-17-7-3-6-16(11-17)22-20(23)19-9-8-18(12-21)25-19/h2-7,10-11,18-19H,8-9,12-13,21H2,1H3,(H,22,23)/t18-,19+/m1/s1. The van der Waals surface area contributed by atoms with Gasteiger partial charge in [-0.05, 0) is 37.5 Å². The lowest BCUT2D eigenvalue weighted by Gasteiger charge is -2.13. The van der Waals surface area contributed by atoms with E-state index in [4.69, 9.17) is 15.2 Å². The van der Waals surface area contributed by atoms with Crippen molar-refractivity contribution in [3.8, 4) is 5.75 Å². The van der Waals surface area contributed by atoms with E-state index < -0.39 is 6.10 Å². The van der Waals surface area contributed by atoms with Crippen LogP contribution in [0.25, 0.3) is 0 Å². The van der Waals surface area contributed by atoms with Gasteiger partial charge in [-0.25, -0.2) is 0 Å². The predicted octanol–water partition coefficient (Wildman–Crippen LogP) is 3.02. The van der Waals surface area contributed by atoms with Gasteiger partial charge in [0.2, 0.25) is 0 Å². The molecular formula is C20H24N2O3. The fourth-order valence-electron chi connectivity index (χ4n) is 2.93. The molecule has 0 bridgehead atoms. The van der Waals surface area contributed by atoms with E-state index in [0.29, 0.717) is 31.0 Å². The van der Waals surface area contributed by atoms with Crippen LogP contribution in [0, 0.1) is 6.92 Å². The molecule has 1 heterocycles. The van der Waals surface area contributed by atoms with Crippen molar-refractivity contribution in [3.05, 3.63) is 59.7 Å². The Hall–Kier alpha value is -2.37. The number of anilines is 1. The van der Waals surface area contributed by atoms with Crippen molar-refractivity contribution in [2.45, 2.75) is 38.6 Å². The summed E-state index contributed by atoms with van der Waals surface area (Å²) in [5.74, 6) is 0.582. The fraction of sp³-hybridized carbons (Fsp3) is 0.350. The molecule has 3 rings (SSSR count). The lowest BCUT2D eigenvalue weighted by Crippen LogP contribution is -2.29. The second-order valence-corrected chi connectivity index (χ2v) is 6.35. The highest BCUT2D eigenvalue weighted by molar-refractivity contribution is 5.94. The van der Waals surface area contributed by atoms with Gasteiger partial charge in [-0.1, -0.05) is 35.9 Å². The Morgan fingerprint density at radius 3 is 2.84 bits per heavy atom. The highest BCUT2D eigenvalue weighted by Crippen LogP contribution is 2.22. The van der Waals surface area contributed by atoms with Gasteiger partial charge in [-0.3, -0.25) is 4.79 Å². The van der Waals surface area contributed by atoms with E-state index in [1.54, 1.807) is 0 Å². The number of nitrogens with two attached hydrogens (primary N) is 1. The highest BCUT2D eigenvalue weighted by Gasteiger charge is 2.29. The van der Waals surface area contributed by atoms with Crippen LogP contribution in [-0.2, 0) is 16.1 Å². The Morgan fingerprint density at radius 2 is 2.08 bits per heavy atom. The Bertz CT molecular complexity index is 732. The second kappa shape index (κ2) is 8.14. The van der Waals surface area contributed by atoms with E-state index >= 15 is 0 Å². The van der Waals surface area contributed by atoms with Gasteiger partial charge in [-0.15, -0.1) is 0 Å². The van der Waals surface area contributed by atoms with Gasteiger partial charge >= 0.3 is 0 Å². The van der Waals surface area contributed by atoms with Crippen molar-refractivity contribution in [2.75, 3.05) is 11.9 Å². The smallest absolute Gasteiger partial charge is 0.253 e. The molecule has 2 aromatic carbocycles. The van der Waals surface area contributed by atoms with Gasteiger partial charge in [0, 0.05) is 18.3 Å². The SMILES string of the molecule is Cc1cccc(COc2cccc(NC(=O)[C@@H]3CC[C@H](CN)O3)c2)c1. The number of hydrogen-bond donors (Lipinski definition) is 2. The first-order valence-corrected chi connectivity index (χ1v) is 8.59. The maximum Gasteiger partial charge on any atom is 0.253 e. The molecule has 0 aromatic heterocycles. The van der Waals surface area contributed by atoms with Crippen molar-refractivity contribution >= 4 is 11.6 Å². The third-order valence-electron chi connectivity index (χ3n) is 4.25. The minimum atomic E-state index is -0.426. The Balaban J connectivity index is 1.57. The van der Waals surface area contributed by atoms with E-state index in [0.717, 1.165) is 12.0 Å². The molecule has 5 nitrogen and oxygen atoms in total. The van der Waals surface area contributed by atoms with Crippen LogP contribution in [0.5, 0.6) is 5.75 Å². The monoisotopic (exact) mass is 340 g/mol. The molecule has 0 spiro atoms. The number of benzene rings is 2. The molecule has 0 aliphatic carbocycles. The zero-order chi connectivity index (χ0) is 17.6. The van der Waals surface area contributed by atoms with Crippen LogP contribution < -0.4 is 15.8 Å². The molecule has 1 saturated heterocycles. The number of ether oxygens (including phenoxy) is 2. The number of aryl methyl sites for hydroxylation is 1. The maximum absolute atomic E-state index is 12.3. The zero-order valence-corrected chi connectivity index (χ0v) is 14.4. The van der Waals surface area contributed by atoms with Crippen LogP contribution in [-0.4, -0.2) is 24.7 Å². The molecule has 1 amide bonds. The topological polar surface area (TPSA) is 73.6 Å². The summed E-state index contributed by atoms with van der Waals surface area (Å²) in [6.45, 7) is 3.00. The largest absolute Gasteiger partial charge is 0.489 e. The molecule has 2 aromatic rings. The number of carbonyl (C=O) groups is 1. The minimum Gasteiger partial charge on any atom is -0.489 e. The van der Waals surface area contributed by atoms with Crippen LogP contribution in [0.15, 0.2) is 48.5 Å². The number of nitrogens with one attached hydrogen (secondary N) is 1. The number of rotatable bonds is 6. The van der Waals surface area contributed by atoms with Crippen LogP contribution in [0.2, 0.25) is 0 Å². The molecule has 1 aliphatic heterocycles. The summed E-state index contributed by atoms with van der Waals surface area (Å²) in [5.41, 5.74) is 8.60. The van der Waals surface area contributed by atoms with Crippen molar-refractivity contribution in [3.63, 3.8) is 0 Å². The first-order valence-electron chi connectivity index (χ1n) is 8.59. The third-order valence-corrected chi connectivity index (χ3v) is 4.25. The zero-order valence-electron chi connectivity index (χ0n) is 14.4. The van der Waals surface area contributed by atoms with Gasteiger partial charge in [0.15, 0.2) is 0 Å². The molecule has 5 heteroatoms. The maximum atomic E-state index is 12.3. The van der Waals surface area contributed by atoms with Crippen molar-refractivity contribution in [1.29, 1.82) is 0 Å². The Morgan fingerprint density at radius 1 is 1.24 bits per heavy atom. The summed E-state index contributed by atoms with van der Waals surface area (Å²) in [7, 11) is 0. The lowest BCUT2D eigenvalue weighted by molar-refractivity contribution is -0.126. The van der Waals surface area contributed by atoms with E-state index in [2.05, 4.69) is 24.4 Å². The Kier molecular flexibility index (Phi) is 5.68. The Labute approximate surface area is 148 Å². The summed E-state index contributed by atoms with van der Waals surface area (Å²) in [6, 6.07) is 15.6. The number of amides is 1. The predicted molar refractivity (Wildman–Crippen MR) is 97.5 cm³/mol. The van der Waals surface area contributed by atoms with E-state index in [1.165, 1.54) is 5.56 Å². The van der Waals surface area contributed by atoms with Gasteiger partial charge in [0.25, 0.3) is 5.91 Å². The summed E-state index contributed by atoms with van der Waals surface area (Å²) in [5, 5.41) is 2.89. The van der Waals surface area contributed by atoms with Gasteiger partial charge in [0.05, 0.1) is 6.10 Å². The number of carbonyl (C=O) groups excluding carboxylic acids is 1. The molecule has 0 unspecified atom stereocenters.